The van der Waals surface area contributed by atoms with Gasteiger partial charge in [0.25, 0.3) is 0 Å². The van der Waals surface area contributed by atoms with Gasteiger partial charge in [-0.25, -0.2) is 4.98 Å². The van der Waals surface area contributed by atoms with E-state index in [1.54, 1.807) is 0 Å². The molecular formula is C10H17N3O. The van der Waals surface area contributed by atoms with Crippen LogP contribution in [-0.4, -0.2) is 29.3 Å². The van der Waals surface area contributed by atoms with Crippen LogP contribution in [0.25, 0.3) is 0 Å². The normalized spacial score (nSPS) is 21.6. The van der Waals surface area contributed by atoms with Crippen molar-refractivity contribution < 1.29 is 4.74 Å². The summed E-state index contributed by atoms with van der Waals surface area (Å²) in [4.78, 5) is 4.29. The summed E-state index contributed by atoms with van der Waals surface area (Å²) in [7, 11) is 0. The van der Waals surface area contributed by atoms with Crippen molar-refractivity contribution in [3.8, 4) is 0 Å². The van der Waals surface area contributed by atoms with Gasteiger partial charge in [0, 0.05) is 37.9 Å². The second kappa shape index (κ2) is 4.57. The molecule has 0 aromatic carbocycles. The summed E-state index contributed by atoms with van der Waals surface area (Å²) in [6.45, 7) is 3.49. The van der Waals surface area contributed by atoms with E-state index in [0.29, 0.717) is 12.5 Å². The van der Waals surface area contributed by atoms with Gasteiger partial charge in [0.2, 0.25) is 0 Å². The van der Waals surface area contributed by atoms with Crippen LogP contribution in [-0.2, 0) is 17.7 Å². The van der Waals surface area contributed by atoms with E-state index >= 15 is 0 Å². The lowest BCUT2D eigenvalue weighted by Gasteiger charge is -2.11. The van der Waals surface area contributed by atoms with E-state index < -0.39 is 0 Å². The number of imidazole rings is 1. The summed E-state index contributed by atoms with van der Waals surface area (Å²) in [5, 5.41) is 0. The fourth-order valence-electron chi connectivity index (χ4n) is 1.87. The van der Waals surface area contributed by atoms with Gasteiger partial charge in [-0.2, -0.15) is 0 Å². The number of ether oxygens (including phenoxy) is 1. The highest BCUT2D eigenvalue weighted by Gasteiger charge is 2.16. The Morgan fingerprint density at radius 2 is 2.57 bits per heavy atom. The summed E-state index contributed by atoms with van der Waals surface area (Å²) in [5.74, 6) is 1.75. The molecule has 0 spiro atoms. The van der Waals surface area contributed by atoms with Gasteiger partial charge in [-0.3, -0.25) is 0 Å². The monoisotopic (exact) mass is 195 g/mol. The SMILES string of the molecule is NCCc1nccn1CC1CCOC1. The molecule has 2 heterocycles. The van der Waals surface area contributed by atoms with E-state index in [1.165, 1.54) is 6.42 Å². The number of aromatic nitrogens is 2. The molecule has 0 aliphatic carbocycles. The summed E-state index contributed by atoms with van der Waals surface area (Å²) in [6, 6.07) is 0. The van der Waals surface area contributed by atoms with Crippen LogP contribution in [0, 0.1) is 5.92 Å². The Morgan fingerprint density at radius 3 is 3.29 bits per heavy atom. The van der Waals surface area contributed by atoms with Crippen molar-refractivity contribution in [1.29, 1.82) is 0 Å². The fraction of sp³-hybridized carbons (Fsp3) is 0.700. The topological polar surface area (TPSA) is 53.1 Å². The summed E-state index contributed by atoms with van der Waals surface area (Å²) >= 11 is 0. The number of hydrogen-bond donors (Lipinski definition) is 1. The smallest absolute Gasteiger partial charge is 0.109 e. The van der Waals surface area contributed by atoms with Crippen molar-refractivity contribution in [1.82, 2.24) is 9.55 Å². The van der Waals surface area contributed by atoms with Gasteiger partial charge in [0.15, 0.2) is 0 Å². The molecule has 0 saturated carbocycles. The van der Waals surface area contributed by atoms with E-state index in [9.17, 15) is 0 Å². The zero-order chi connectivity index (χ0) is 9.80. The molecule has 14 heavy (non-hydrogen) atoms. The largest absolute Gasteiger partial charge is 0.381 e. The molecule has 1 aliphatic heterocycles. The second-order valence-corrected chi connectivity index (χ2v) is 3.76. The summed E-state index contributed by atoms with van der Waals surface area (Å²) in [6.07, 6.45) is 5.91. The standard InChI is InChI=1S/C10H17N3O/c11-3-1-10-12-4-5-13(10)7-9-2-6-14-8-9/h4-5,9H,1-3,6-8,11H2. The van der Waals surface area contributed by atoms with Crippen molar-refractivity contribution in [2.24, 2.45) is 11.7 Å². The number of nitrogens with two attached hydrogens (primary N) is 1. The van der Waals surface area contributed by atoms with Crippen LogP contribution < -0.4 is 5.73 Å². The summed E-state index contributed by atoms with van der Waals surface area (Å²) < 4.78 is 7.55. The first-order valence-corrected chi connectivity index (χ1v) is 5.18. The van der Waals surface area contributed by atoms with Gasteiger partial charge in [0.05, 0.1) is 6.61 Å². The van der Waals surface area contributed by atoms with Crippen molar-refractivity contribution in [2.75, 3.05) is 19.8 Å². The van der Waals surface area contributed by atoms with Crippen molar-refractivity contribution in [3.05, 3.63) is 18.2 Å². The van der Waals surface area contributed by atoms with Gasteiger partial charge in [0.1, 0.15) is 5.82 Å². The molecule has 78 valence electrons. The molecule has 0 radical (unpaired) electrons. The maximum Gasteiger partial charge on any atom is 0.109 e. The zero-order valence-corrected chi connectivity index (χ0v) is 8.35. The van der Waals surface area contributed by atoms with Gasteiger partial charge in [-0.05, 0) is 13.0 Å². The maximum absolute atomic E-state index is 5.52. The Hall–Kier alpha value is -0.870. The molecule has 2 rings (SSSR count). The predicted octanol–water partition coefficient (Wildman–Crippen LogP) is 0.421. The lowest BCUT2D eigenvalue weighted by molar-refractivity contribution is 0.182. The van der Waals surface area contributed by atoms with Crippen LogP contribution in [0.2, 0.25) is 0 Å². The van der Waals surface area contributed by atoms with E-state index in [0.717, 1.165) is 32.0 Å². The Labute approximate surface area is 84.1 Å². The van der Waals surface area contributed by atoms with E-state index in [1.807, 2.05) is 12.4 Å². The molecule has 0 bridgehead atoms. The van der Waals surface area contributed by atoms with Gasteiger partial charge < -0.3 is 15.0 Å². The molecule has 0 amide bonds. The molecule has 4 heteroatoms. The predicted molar refractivity (Wildman–Crippen MR) is 53.9 cm³/mol. The number of nitrogens with zero attached hydrogens (tertiary/aromatic N) is 2. The minimum Gasteiger partial charge on any atom is -0.381 e. The molecule has 2 N–H and O–H groups in total. The number of hydrogen-bond acceptors (Lipinski definition) is 3. The highest BCUT2D eigenvalue weighted by atomic mass is 16.5. The third-order valence-corrected chi connectivity index (χ3v) is 2.65. The maximum atomic E-state index is 5.52. The van der Waals surface area contributed by atoms with Crippen LogP contribution in [0.5, 0.6) is 0 Å². The molecule has 1 unspecified atom stereocenters. The average Bonchev–Trinajstić information content (AvgIpc) is 2.80. The molecule has 1 fully saturated rings. The average molecular weight is 195 g/mol. The third kappa shape index (κ3) is 2.13. The van der Waals surface area contributed by atoms with Gasteiger partial charge in [-0.1, -0.05) is 0 Å². The Kier molecular flexibility index (Phi) is 3.16. The van der Waals surface area contributed by atoms with Crippen LogP contribution in [0.3, 0.4) is 0 Å². The Morgan fingerprint density at radius 1 is 1.64 bits per heavy atom. The molecular weight excluding hydrogens is 178 g/mol. The molecule has 1 saturated heterocycles. The van der Waals surface area contributed by atoms with Crippen LogP contribution in [0.1, 0.15) is 12.2 Å². The van der Waals surface area contributed by atoms with Gasteiger partial charge >= 0.3 is 0 Å². The third-order valence-electron chi connectivity index (χ3n) is 2.65. The highest BCUT2D eigenvalue weighted by Crippen LogP contribution is 2.15. The molecule has 1 atom stereocenters. The Balaban J connectivity index is 1.96. The second-order valence-electron chi connectivity index (χ2n) is 3.76. The van der Waals surface area contributed by atoms with E-state index in [4.69, 9.17) is 10.5 Å². The summed E-state index contributed by atoms with van der Waals surface area (Å²) in [5.41, 5.74) is 5.52. The first kappa shape index (κ1) is 9.68. The van der Waals surface area contributed by atoms with Crippen molar-refractivity contribution in [2.45, 2.75) is 19.4 Å². The van der Waals surface area contributed by atoms with E-state index in [2.05, 4.69) is 9.55 Å². The minimum absolute atomic E-state index is 0.653. The minimum atomic E-state index is 0.653. The molecule has 1 aromatic heterocycles. The molecule has 4 nitrogen and oxygen atoms in total. The van der Waals surface area contributed by atoms with Crippen molar-refractivity contribution in [3.63, 3.8) is 0 Å². The fourth-order valence-corrected chi connectivity index (χ4v) is 1.87. The first-order chi connectivity index (χ1) is 6.90. The van der Waals surface area contributed by atoms with Crippen LogP contribution >= 0.6 is 0 Å². The molecule has 1 aromatic rings. The van der Waals surface area contributed by atoms with Crippen molar-refractivity contribution >= 4 is 0 Å². The lowest BCUT2D eigenvalue weighted by atomic mass is 10.1. The quantitative estimate of drug-likeness (QED) is 0.757. The highest BCUT2D eigenvalue weighted by molar-refractivity contribution is 4.93. The zero-order valence-electron chi connectivity index (χ0n) is 8.35. The molecule has 1 aliphatic rings. The van der Waals surface area contributed by atoms with Gasteiger partial charge in [-0.15, -0.1) is 0 Å². The first-order valence-electron chi connectivity index (χ1n) is 5.18. The van der Waals surface area contributed by atoms with E-state index in [-0.39, 0.29) is 0 Å². The van der Waals surface area contributed by atoms with Crippen LogP contribution in [0.4, 0.5) is 0 Å². The van der Waals surface area contributed by atoms with Crippen LogP contribution in [0.15, 0.2) is 12.4 Å². The lowest BCUT2D eigenvalue weighted by Crippen LogP contribution is -2.15. The number of rotatable bonds is 4. The Bertz CT molecular complexity index is 279.